The number of hydrogen-bond acceptors (Lipinski definition) is 3. The average Bonchev–Trinajstić information content (AvgIpc) is 2.89. The van der Waals surface area contributed by atoms with Crippen LogP contribution < -0.4 is 0 Å². The van der Waals surface area contributed by atoms with Crippen LogP contribution in [0.1, 0.15) is 43.7 Å². The van der Waals surface area contributed by atoms with E-state index in [2.05, 4.69) is 49.0 Å². The average molecular weight is 331 g/mol. The van der Waals surface area contributed by atoms with Gasteiger partial charge in [0.1, 0.15) is 6.33 Å². The van der Waals surface area contributed by atoms with Crippen molar-refractivity contribution in [3.05, 3.63) is 40.4 Å². The third-order valence-electron chi connectivity index (χ3n) is 4.88. The van der Waals surface area contributed by atoms with E-state index in [-0.39, 0.29) is 0 Å². The van der Waals surface area contributed by atoms with Crippen LogP contribution in [0.4, 0.5) is 0 Å². The van der Waals surface area contributed by atoms with Crippen LogP contribution in [0.2, 0.25) is 0 Å². The Morgan fingerprint density at radius 2 is 2.09 bits per heavy atom. The van der Waals surface area contributed by atoms with Crippen LogP contribution in [0, 0.1) is 18.6 Å². The van der Waals surface area contributed by atoms with Gasteiger partial charge in [0.2, 0.25) is 4.77 Å². The molecular formula is C18H26N4S. The molecule has 1 saturated heterocycles. The molecule has 0 saturated carbocycles. The lowest BCUT2D eigenvalue weighted by atomic mass is 10.0. The van der Waals surface area contributed by atoms with Gasteiger partial charge in [-0.05, 0) is 57.0 Å². The molecule has 0 aliphatic carbocycles. The molecule has 1 atom stereocenters. The second-order valence-corrected chi connectivity index (χ2v) is 6.95. The quantitative estimate of drug-likeness (QED) is 0.784. The van der Waals surface area contributed by atoms with E-state index in [0.29, 0.717) is 6.04 Å². The molecule has 2 heterocycles. The van der Waals surface area contributed by atoms with Gasteiger partial charge in [0.15, 0.2) is 0 Å². The van der Waals surface area contributed by atoms with Crippen LogP contribution >= 0.6 is 12.2 Å². The minimum atomic E-state index is 0.664. The summed E-state index contributed by atoms with van der Waals surface area (Å²) < 4.78 is 4.76. The smallest absolute Gasteiger partial charge is 0.203 e. The maximum absolute atomic E-state index is 5.68. The minimum Gasteiger partial charge on any atom is -0.281 e. The van der Waals surface area contributed by atoms with Gasteiger partial charge in [-0.15, -0.1) is 0 Å². The molecule has 0 bridgehead atoms. The van der Waals surface area contributed by atoms with Crippen molar-refractivity contribution in [2.45, 2.75) is 59.2 Å². The molecule has 1 fully saturated rings. The first kappa shape index (κ1) is 16.4. The lowest BCUT2D eigenvalue weighted by Gasteiger charge is -2.34. The molecule has 1 aromatic carbocycles. The fraction of sp³-hybridized carbons (Fsp3) is 0.556. The summed E-state index contributed by atoms with van der Waals surface area (Å²) >= 11 is 5.68. The Bertz CT molecular complexity index is 731. The Morgan fingerprint density at radius 1 is 1.26 bits per heavy atom. The highest BCUT2D eigenvalue weighted by atomic mass is 32.1. The summed E-state index contributed by atoms with van der Waals surface area (Å²) in [6.07, 6.45) is 6.97. The van der Waals surface area contributed by atoms with Gasteiger partial charge in [0, 0.05) is 12.6 Å². The van der Waals surface area contributed by atoms with E-state index in [9.17, 15) is 0 Å². The van der Waals surface area contributed by atoms with E-state index < -0.39 is 0 Å². The van der Waals surface area contributed by atoms with Crippen molar-refractivity contribution in [3.63, 3.8) is 0 Å². The van der Waals surface area contributed by atoms with Crippen molar-refractivity contribution in [3.8, 4) is 5.69 Å². The van der Waals surface area contributed by atoms with E-state index in [1.54, 1.807) is 0 Å². The van der Waals surface area contributed by atoms with Crippen LogP contribution in [-0.2, 0) is 6.67 Å². The molecule has 0 N–H and O–H groups in total. The normalized spacial score (nSPS) is 19.2. The first-order valence-electron chi connectivity index (χ1n) is 8.56. The summed E-state index contributed by atoms with van der Waals surface area (Å²) in [5.74, 6) is 0. The standard InChI is InChI=1S/C18H26N4S/c1-4-16-7-5-6-10-20(16)13-22-18(23)21(12-19-22)17-9-8-14(2)11-15(17)3/h8-9,11-12,16H,4-7,10,13H2,1-3H3/t16-/m0/s1. The monoisotopic (exact) mass is 330 g/mol. The molecule has 124 valence electrons. The van der Waals surface area contributed by atoms with Gasteiger partial charge in [0.05, 0.1) is 12.4 Å². The topological polar surface area (TPSA) is 26.0 Å². The Hall–Kier alpha value is -1.46. The van der Waals surface area contributed by atoms with Gasteiger partial charge in [-0.1, -0.05) is 31.0 Å². The maximum Gasteiger partial charge on any atom is 0.203 e. The Balaban J connectivity index is 1.86. The van der Waals surface area contributed by atoms with Gasteiger partial charge in [-0.2, -0.15) is 5.10 Å². The number of piperidine rings is 1. The largest absolute Gasteiger partial charge is 0.281 e. The molecule has 0 unspecified atom stereocenters. The summed E-state index contributed by atoms with van der Waals surface area (Å²) in [5.41, 5.74) is 3.62. The summed E-state index contributed by atoms with van der Waals surface area (Å²) in [5, 5.41) is 4.55. The SMILES string of the molecule is CC[C@H]1CCCCN1Cn1ncn(-c2ccc(C)cc2C)c1=S. The molecule has 1 aliphatic heterocycles. The van der Waals surface area contributed by atoms with Crippen molar-refractivity contribution < 1.29 is 0 Å². The number of benzene rings is 1. The van der Waals surface area contributed by atoms with E-state index >= 15 is 0 Å². The molecule has 0 radical (unpaired) electrons. The third kappa shape index (κ3) is 3.40. The lowest BCUT2D eigenvalue weighted by Crippen LogP contribution is -2.40. The summed E-state index contributed by atoms with van der Waals surface area (Å²) in [4.78, 5) is 2.53. The second-order valence-electron chi connectivity index (χ2n) is 6.58. The van der Waals surface area contributed by atoms with Crippen molar-refractivity contribution in [2.75, 3.05) is 6.54 Å². The van der Waals surface area contributed by atoms with Gasteiger partial charge in [0.25, 0.3) is 0 Å². The molecule has 0 amide bonds. The lowest BCUT2D eigenvalue weighted by molar-refractivity contribution is 0.100. The number of likely N-dealkylation sites (tertiary alicyclic amines) is 1. The van der Waals surface area contributed by atoms with Crippen molar-refractivity contribution in [1.82, 2.24) is 19.2 Å². The predicted octanol–water partition coefficient (Wildman–Crippen LogP) is 4.24. The molecule has 23 heavy (non-hydrogen) atoms. The van der Waals surface area contributed by atoms with Gasteiger partial charge in [-0.25, -0.2) is 4.68 Å². The van der Waals surface area contributed by atoms with E-state index in [1.165, 1.54) is 36.8 Å². The minimum absolute atomic E-state index is 0.664. The van der Waals surface area contributed by atoms with Gasteiger partial charge in [-0.3, -0.25) is 9.47 Å². The molecule has 0 spiro atoms. The number of aryl methyl sites for hydroxylation is 2. The number of hydrogen-bond donors (Lipinski definition) is 0. The fourth-order valence-electron chi connectivity index (χ4n) is 3.56. The first-order valence-corrected chi connectivity index (χ1v) is 8.97. The first-order chi connectivity index (χ1) is 11.1. The van der Waals surface area contributed by atoms with E-state index in [1.807, 2.05) is 15.6 Å². The van der Waals surface area contributed by atoms with Crippen molar-refractivity contribution >= 4 is 12.2 Å². The molecule has 1 aliphatic rings. The Morgan fingerprint density at radius 3 is 2.83 bits per heavy atom. The van der Waals surface area contributed by atoms with Crippen LogP contribution in [-0.4, -0.2) is 31.8 Å². The fourth-order valence-corrected chi connectivity index (χ4v) is 3.81. The number of rotatable bonds is 4. The molecule has 2 aromatic rings. The predicted molar refractivity (Wildman–Crippen MR) is 96.5 cm³/mol. The van der Waals surface area contributed by atoms with Crippen LogP contribution in [0.25, 0.3) is 5.69 Å². The molecule has 3 rings (SSSR count). The zero-order chi connectivity index (χ0) is 16.4. The van der Waals surface area contributed by atoms with Crippen molar-refractivity contribution in [1.29, 1.82) is 0 Å². The van der Waals surface area contributed by atoms with Crippen LogP contribution in [0.3, 0.4) is 0 Å². The number of nitrogens with zero attached hydrogens (tertiary/aromatic N) is 4. The van der Waals surface area contributed by atoms with Gasteiger partial charge >= 0.3 is 0 Å². The highest BCUT2D eigenvalue weighted by molar-refractivity contribution is 7.71. The highest BCUT2D eigenvalue weighted by Crippen LogP contribution is 2.21. The van der Waals surface area contributed by atoms with Crippen molar-refractivity contribution in [2.24, 2.45) is 0 Å². The molecular weight excluding hydrogens is 304 g/mol. The Kier molecular flexibility index (Phi) is 4.97. The molecule has 5 heteroatoms. The summed E-state index contributed by atoms with van der Waals surface area (Å²) in [6.45, 7) is 8.46. The van der Waals surface area contributed by atoms with E-state index in [0.717, 1.165) is 23.7 Å². The zero-order valence-corrected chi connectivity index (χ0v) is 15.1. The van der Waals surface area contributed by atoms with Gasteiger partial charge < -0.3 is 0 Å². The highest BCUT2D eigenvalue weighted by Gasteiger charge is 2.21. The number of aromatic nitrogens is 3. The maximum atomic E-state index is 5.68. The Labute approximate surface area is 143 Å². The second kappa shape index (κ2) is 6.97. The molecule has 4 nitrogen and oxygen atoms in total. The van der Waals surface area contributed by atoms with Crippen LogP contribution in [0.15, 0.2) is 24.5 Å². The van der Waals surface area contributed by atoms with Crippen LogP contribution in [0.5, 0.6) is 0 Å². The zero-order valence-electron chi connectivity index (χ0n) is 14.3. The summed E-state index contributed by atoms with van der Waals surface area (Å²) in [7, 11) is 0. The molecule has 1 aromatic heterocycles. The van der Waals surface area contributed by atoms with E-state index in [4.69, 9.17) is 12.2 Å². The summed E-state index contributed by atoms with van der Waals surface area (Å²) in [6, 6.07) is 7.10. The third-order valence-corrected chi connectivity index (χ3v) is 5.29.